The summed E-state index contributed by atoms with van der Waals surface area (Å²) in [7, 11) is 0. The number of fused-ring (bicyclic) bond motifs is 2. The van der Waals surface area contributed by atoms with Gasteiger partial charge in [0.15, 0.2) is 0 Å². The average Bonchev–Trinajstić information content (AvgIpc) is 3.36. The summed E-state index contributed by atoms with van der Waals surface area (Å²) in [5, 5.41) is 0. The number of imidazole rings is 1. The van der Waals surface area contributed by atoms with Crippen LogP contribution >= 0.6 is 0 Å². The standard InChI is InChI=1S/C19H22N4O2/c24-18-4-1-14-12-22(9-6-16(14)23(18)15-2-3-15)19(25)13-5-8-21-10-7-20-17(21)11-13/h5,7-8,10-11,14-16H,1-4,6,9,12H2. The van der Waals surface area contributed by atoms with E-state index in [1.54, 1.807) is 6.20 Å². The first-order valence-corrected chi connectivity index (χ1v) is 9.24. The fourth-order valence-corrected chi connectivity index (χ4v) is 4.53. The van der Waals surface area contributed by atoms with E-state index in [-0.39, 0.29) is 5.91 Å². The highest BCUT2D eigenvalue weighted by Crippen LogP contribution is 2.39. The molecule has 25 heavy (non-hydrogen) atoms. The molecule has 6 heteroatoms. The van der Waals surface area contributed by atoms with E-state index in [0.717, 1.165) is 44.4 Å². The number of pyridine rings is 1. The molecule has 6 nitrogen and oxygen atoms in total. The number of carbonyl (C=O) groups is 2. The number of hydrogen-bond acceptors (Lipinski definition) is 3. The zero-order valence-electron chi connectivity index (χ0n) is 14.2. The Hall–Kier alpha value is -2.37. The van der Waals surface area contributed by atoms with Crippen LogP contribution in [-0.4, -0.2) is 56.2 Å². The van der Waals surface area contributed by atoms with Gasteiger partial charge in [-0.05, 0) is 43.7 Å². The van der Waals surface area contributed by atoms with Gasteiger partial charge in [-0.1, -0.05) is 0 Å². The third-order valence-electron chi connectivity index (χ3n) is 5.94. The third kappa shape index (κ3) is 2.51. The molecule has 2 aliphatic heterocycles. The van der Waals surface area contributed by atoms with Crippen LogP contribution in [-0.2, 0) is 4.79 Å². The Morgan fingerprint density at radius 2 is 2.04 bits per heavy atom. The number of likely N-dealkylation sites (tertiary alicyclic amines) is 2. The normalized spacial score (nSPS) is 26.8. The monoisotopic (exact) mass is 338 g/mol. The summed E-state index contributed by atoms with van der Waals surface area (Å²) in [4.78, 5) is 33.6. The van der Waals surface area contributed by atoms with Gasteiger partial charge in [0.2, 0.25) is 5.91 Å². The van der Waals surface area contributed by atoms with Gasteiger partial charge in [0, 0.05) is 55.7 Å². The van der Waals surface area contributed by atoms with Crippen molar-refractivity contribution in [1.29, 1.82) is 0 Å². The van der Waals surface area contributed by atoms with E-state index in [2.05, 4.69) is 9.88 Å². The highest BCUT2D eigenvalue weighted by molar-refractivity contribution is 5.95. The molecule has 0 spiro atoms. The molecule has 2 saturated heterocycles. The number of carbonyl (C=O) groups excluding carboxylic acids is 2. The van der Waals surface area contributed by atoms with Crippen LogP contribution in [0.5, 0.6) is 0 Å². The second-order valence-corrected chi connectivity index (χ2v) is 7.55. The van der Waals surface area contributed by atoms with E-state index in [1.807, 2.05) is 33.8 Å². The highest BCUT2D eigenvalue weighted by Gasteiger charge is 2.45. The quantitative estimate of drug-likeness (QED) is 0.841. The lowest BCUT2D eigenvalue weighted by atomic mass is 9.83. The second kappa shape index (κ2) is 5.58. The van der Waals surface area contributed by atoms with Crippen LogP contribution in [0.25, 0.3) is 5.65 Å². The molecule has 0 radical (unpaired) electrons. The zero-order chi connectivity index (χ0) is 17.0. The molecule has 2 aromatic heterocycles. The minimum absolute atomic E-state index is 0.0822. The van der Waals surface area contributed by atoms with Crippen LogP contribution in [0.4, 0.5) is 0 Å². The molecule has 2 unspecified atom stereocenters. The lowest BCUT2D eigenvalue weighted by Crippen LogP contribution is -2.57. The first-order valence-electron chi connectivity index (χ1n) is 9.24. The number of hydrogen-bond donors (Lipinski definition) is 0. The SMILES string of the molecule is O=C(c1ccn2ccnc2c1)N1CCC2C(CCC(=O)N2C2CC2)C1. The lowest BCUT2D eigenvalue weighted by Gasteiger charge is -2.47. The Labute approximate surface area is 146 Å². The van der Waals surface area contributed by atoms with Crippen molar-refractivity contribution in [2.75, 3.05) is 13.1 Å². The Morgan fingerprint density at radius 3 is 2.88 bits per heavy atom. The average molecular weight is 338 g/mol. The minimum atomic E-state index is 0.0822. The van der Waals surface area contributed by atoms with Crippen LogP contribution in [0, 0.1) is 5.92 Å². The van der Waals surface area contributed by atoms with Crippen LogP contribution in [0.2, 0.25) is 0 Å². The molecule has 0 N–H and O–H groups in total. The molecule has 4 heterocycles. The number of amides is 2. The molecule has 2 atom stereocenters. The third-order valence-corrected chi connectivity index (χ3v) is 5.94. The van der Waals surface area contributed by atoms with Crippen molar-refractivity contribution < 1.29 is 9.59 Å². The molecule has 5 rings (SSSR count). The van der Waals surface area contributed by atoms with Crippen molar-refractivity contribution in [1.82, 2.24) is 19.2 Å². The number of aromatic nitrogens is 2. The molecule has 1 aliphatic carbocycles. The van der Waals surface area contributed by atoms with Gasteiger partial charge in [0.05, 0.1) is 0 Å². The van der Waals surface area contributed by atoms with Gasteiger partial charge in [0.1, 0.15) is 5.65 Å². The highest BCUT2D eigenvalue weighted by atomic mass is 16.2. The largest absolute Gasteiger partial charge is 0.338 e. The number of nitrogens with zero attached hydrogens (tertiary/aromatic N) is 4. The summed E-state index contributed by atoms with van der Waals surface area (Å²) in [6.45, 7) is 1.50. The van der Waals surface area contributed by atoms with Gasteiger partial charge in [-0.15, -0.1) is 0 Å². The summed E-state index contributed by atoms with van der Waals surface area (Å²) in [5.41, 5.74) is 1.49. The summed E-state index contributed by atoms with van der Waals surface area (Å²) in [6, 6.07) is 4.54. The lowest BCUT2D eigenvalue weighted by molar-refractivity contribution is -0.141. The van der Waals surface area contributed by atoms with Crippen molar-refractivity contribution >= 4 is 17.5 Å². The maximum Gasteiger partial charge on any atom is 0.254 e. The van der Waals surface area contributed by atoms with E-state index < -0.39 is 0 Å². The van der Waals surface area contributed by atoms with Crippen molar-refractivity contribution in [3.05, 3.63) is 36.3 Å². The minimum Gasteiger partial charge on any atom is -0.338 e. The molecule has 0 aromatic carbocycles. The molecule has 2 amide bonds. The number of rotatable bonds is 2. The molecule has 3 fully saturated rings. The smallest absolute Gasteiger partial charge is 0.254 e. The van der Waals surface area contributed by atoms with Gasteiger partial charge >= 0.3 is 0 Å². The van der Waals surface area contributed by atoms with Crippen LogP contribution in [0.1, 0.15) is 42.5 Å². The summed E-state index contributed by atoms with van der Waals surface area (Å²) < 4.78 is 1.91. The fraction of sp³-hybridized carbons (Fsp3) is 0.526. The van der Waals surface area contributed by atoms with E-state index in [0.29, 0.717) is 35.9 Å². The molecular formula is C19H22N4O2. The Bertz CT molecular complexity index is 841. The van der Waals surface area contributed by atoms with Crippen LogP contribution in [0.15, 0.2) is 30.7 Å². The second-order valence-electron chi connectivity index (χ2n) is 7.55. The summed E-state index contributed by atoms with van der Waals surface area (Å²) in [6.07, 6.45) is 10.3. The van der Waals surface area contributed by atoms with Gasteiger partial charge in [0.25, 0.3) is 5.91 Å². The fourth-order valence-electron chi connectivity index (χ4n) is 4.53. The molecule has 0 bridgehead atoms. The summed E-state index contributed by atoms with van der Waals surface area (Å²) >= 11 is 0. The zero-order valence-corrected chi connectivity index (χ0v) is 14.2. The number of piperidine rings is 2. The van der Waals surface area contributed by atoms with Gasteiger partial charge < -0.3 is 14.2 Å². The van der Waals surface area contributed by atoms with Crippen LogP contribution in [0.3, 0.4) is 0 Å². The van der Waals surface area contributed by atoms with Crippen molar-refractivity contribution in [2.24, 2.45) is 5.92 Å². The molecule has 130 valence electrons. The van der Waals surface area contributed by atoms with Gasteiger partial charge in [-0.25, -0.2) is 4.98 Å². The van der Waals surface area contributed by atoms with Gasteiger partial charge in [-0.3, -0.25) is 9.59 Å². The van der Waals surface area contributed by atoms with Crippen molar-refractivity contribution in [3.63, 3.8) is 0 Å². The van der Waals surface area contributed by atoms with E-state index >= 15 is 0 Å². The van der Waals surface area contributed by atoms with Gasteiger partial charge in [-0.2, -0.15) is 0 Å². The summed E-state index contributed by atoms with van der Waals surface area (Å²) in [5.74, 6) is 0.832. The predicted octanol–water partition coefficient (Wildman–Crippen LogP) is 1.95. The van der Waals surface area contributed by atoms with Crippen molar-refractivity contribution in [2.45, 2.75) is 44.2 Å². The maximum atomic E-state index is 12.9. The topological polar surface area (TPSA) is 57.9 Å². The molecule has 2 aromatic rings. The Balaban J connectivity index is 1.34. The van der Waals surface area contributed by atoms with E-state index in [1.165, 1.54) is 0 Å². The Kier molecular flexibility index (Phi) is 3.33. The molecular weight excluding hydrogens is 316 g/mol. The maximum absolute atomic E-state index is 12.9. The first-order chi connectivity index (χ1) is 12.2. The Morgan fingerprint density at radius 1 is 1.16 bits per heavy atom. The molecule has 3 aliphatic rings. The predicted molar refractivity (Wildman–Crippen MR) is 92.1 cm³/mol. The first kappa shape index (κ1) is 14.9. The van der Waals surface area contributed by atoms with E-state index in [9.17, 15) is 9.59 Å². The van der Waals surface area contributed by atoms with E-state index in [4.69, 9.17) is 0 Å². The van der Waals surface area contributed by atoms with Crippen LogP contribution < -0.4 is 0 Å². The molecule has 1 saturated carbocycles. The van der Waals surface area contributed by atoms with Crippen molar-refractivity contribution in [3.8, 4) is 0 Å².